The quantitative estimate of drug-likeness (QED) is 0.481. The van der Waals surface area contributed by atoms with E-state index in [1.54, 1.807) is 13.3 Å². The van der Waals surface area contributed by atoms with Crippen LogP contribution >= 0.6 is 0 Å². The number of anilines is 3. The molecular formula is C26H31N5O2. The van der Waals surface area contributed by atoms with Crippen molar-refractivity contribution < 1.29 is 9.53 Å². The van der Waals surface area contributed by atoms with Crippen LogP contribution in [0.3, 0.4) is 0 Å². The Hall–Kier alpha value is -3.61. The number of nitrogens with zero attached hydrogens (tertiary/aromatic N) is 3. The van der Waals surface area contributed by atoms with E-state index in [1.165, 1.54) is 5.56 Å². The minimum absolute atomic E-state index is 0.0489. The molecule has 0 radical (unpaired) electrons. The van der Waals surface area contributed by atoms with Gasteiger partial charge in [-0.25, -0.2) is 4.98 Å². The number of piperidine rings is 1. The van der Waals surface area contributed by atoms with Gasteiger partial charge >= 0.3 is 0 Å². The molecule has 1 aliphatic rings. The normalized spacial score (nSPS) is 14.0. The maximum atomic E-state index is 12.6. The Morgan fingerprint density at radius 1 is 1.06 bits per heavy atom. The summed E-state index contributed by atoms with van der Waals surface area (Å²) in [4.78, 5) is 23.9. The average Bonchev–Trinajstić information content (AvgIpc) is 2.88. The fourth-order valence-corrected chi connectivity index (χ4v) is 4.09. The van der Waals surface area contributed by atoms with Crippen molar-refractivity contribution in [3.05, 3.63) is 72.4 Å². The number of nitrogens with one attached hydrogen (secondary N) is 2. The number of hydrogen-bond acceptors (Lipinski definition) is 6. The molecule has 0 spiro atoms. The number of carbonyl (C=O) groups is 1. The Kier molecular flexibility index (Phi) is 7.74. The Labute approximate surface area is 195 Å². The van der Waals surface area contributed by atoms with Gasteiger partial charge in [-0.2, -0.15) is 4.98 Å². The van der Waals surface area contributed by atoms with Crippen molar-refractivity contribution in [2.45, 2.75) is 25.7 Å². The number of rotatable bonds is 9. The first kappa shape index (κ1) is 22.6. The number of carbonyl (C=O) groups excluding carboxylic acids is 1. The van der Waals surface area contributed by atoms with Crippen molar-refractivity contribution in [2.24, 2.45) is 5.92 Å². The molecule has 1 aliphatic heterocycles. The summed E-state index contributed by atoms with van der Waals surface area (Å²) in [5, 5.41) is 6.42. The van der Waals surface area contributed by atoms with Crippen molar-refractivity contribution >= 4 is 23.4 Å². The van der Waals surface area contributed by atoms with Gasteiger partial charge < -0.3 is 20.3 Å². The molecule has 3 aromatic rings. The molecule has 7 heteroatoms. The molecule has 2 N–H and O–H groups in total. The van der Waals surface area contributed by atoms with E-state index in [0.29, 0.717) is 18.3 Å². The van der Waals surface area contributed by atoms with Gasteiger partial charge in [0, 0.05) is 31.7 Å². The number of benzene rings is 2. The van der Waals surface area contributed by atoms with Crippen molar-refractivity contribution in [1.82, 2.24) is 15.3 Å². The van der Waals surface area contributed by atoms with Gasteiger partial charge in [0.25, 0.3) is 0 Å². The lowest BCUT2D eigenvalue weighted by Gasteiger charge is -2.31. The standard InChI is InChI=1S/C26H31N5O2/c1-33-23-12-6-5-11-22(23)29-24-13-17-28-26(30-24)31-18-14-21(15-19-31)25(32)27-16-7-10-20-8-3-2-4-9-20/h2-6,8-9,11-13,17,21H,7,10,14-16,18-19H2,1H3,(H,27,32)(H,28,29,30). The van der Waals surface area contributed by atoms with Crippen molar-refractivity contribution in [3.8, 4) is 5.75 Å². The SMILES string of the molecule is COc1ccccc1Nc1ccnc(N2CCC(C(=O)NCCCc3ccccc3)CC2)n1. The zero-order valence-electron chi connectivity index (χ0n) is 19.0. The van der Waals surface area contributed by atoms with E-state index in [-0.39, 0.29) is 11.8 Å². The number of aromatic nitrogens is 2. The van der Waals surface area contributed by atoms with Crippen LogP contribution < -0.4 is 20.3 Å². The van der Waals surface area contributed by atoms with Gasteiger partial charge in [-0.05, 0) is 49.4 Å². The molecule has 0 saturated carbocycles. The van der Waals surface area contributed by atoms with Crippen molar-refractivity contribution in [3.63, 3.8) is 0 Å². The predicted octanol–water partition coefficient (Wildman–Crippen LogP) is 4.19. The Morgan fingerprint density at radius 2 is 1.82 bits per heavy atom. The summed E-state index contributed by atoms with van der Waals surface area (Å²) >= 11 is 0. The summed E-state index contributed by atoms with van der Waals surface area (Å²) in [7, 11) is 1.65. The van der Waals surface area contributed by atoms with Gasteiger partial charge in [0.1, 0.15) is 11.6 Å². The highest BCUT2D eigenvalue weighted by atomic mass is 16.5. The van der Waals surface area contributed by atoms with Gasteiger partial charge in [0.05, 0.1) is 12.8 Å². The average molecular weight is 446 g/mol. The van der Waals surface area contributed by atoms with Crippen LogP contribution in [0.5, 0.6) is 5.75 Å². The molecule has 2 aromatic carbocycles. The molecule has 172 valence electrons. The molecule has 33 heavy (non-hydrogen) atoms. The highest BCUT2D eigenvalue weighted by molar-refractivity contribution is 5.78. The van der Waals surface area contributed by atoms with E-state index in [9.17, 15) is 4.79 Å². The topological polar surface area (TPSA) is 79.4 Å². The van der Waals surface area contributed by atoms with Crippen LogP contribution in [0.2, 0.25) is 0 Å². The van der Waals surface area contributed by atoms with Crippen LogP contribution in [-0.2, 0) is 11.2 Å². The molecule has 0 bridgehead atoms. The van der Waals surface area contributed by atoms with Gasteiger partial charge in [-0.3, -0.25) is 4.79 Å². The fraction of sp³-hybridized carbons (Fsp3) is 0.346. The molecule has 0 unspecified atom stereocenters. The van der Waals surface area contributed by atoms with E-state index in [1.807, 2.05) is 36.4 Å². The molecule has 1 aromatic heterocycles. The highest BCUT2D eigenvalue weighted by Crippen LogP contribution is 2.27. The zero-order chi connectivity index (χ0) is 22.9. The van der Waals surface area contributed by atoms with Crippen LogP contribution in [0.4, 0.5) is 17.5 Å². The largest absolute Gasteiger partial charge is 0.495 e. The maximum Gasteiger partial charge on any atom is 0.227 e. The first-order chi connectivity index (χ1) is 16.2. The third kappa shape index (κ3) is 6.22. The summed E-state index contributed by atoms with van der Waals surface area (Å²) in [6.07, 6.45) is 5.30. The summed E-state index contributed by atoms with van der Waals surface area (Å²) in [5.74, 6) is 2.36. The summed E-state index contributed by atoms with van der Waals surface area (Å²) < 4.78 is 5.40. The number of para-hydroxylation sites is 2. The van der Waals surface area contributed by atoms with Crippen LogP contribution in [0, 0.1) is 5.92 Å². The van der Waals surface area contributed by atoms with E-state index in [4.69, 9.17) is 4.74 Å². The zero-order valence-corrected chi connectivity index (χ0v) is 19.0. The molecule has 0 aliphatic carbocycles. The summed E-state index contributed by atoms with van der Waals surface area (Å²) in [6.45, 7) is 2.24. The van der Waals surface area contributed by atoms with Crippen LogP contribution in [-0.4, -0.2) is 42.6 Å². The van der Waals surface area contributed by atoms with Gasteiger partial charge in [0.2, 0.25) is 11.9 Å². The van der Waals surface area contributed by atoms with Gasteiger partial charge in [0.15, 0.2) is 0 Å². The summed E-state index contributed by atoms with van der Waals surface area (Å²) in [6, 6.07) is 19.9. The molecule has 4 rings (SSSR count). The molecule has 7 nitrogen and oxygen atoms in total. The molecule has 1 saturated heterocycles. The number of hydrogen-bond donors (Lipinski definition) is 2. The van der Waals surface area contributed by atoms with E-state index < -0.39 is 0 Å². The number of ether oxygens (including phenoxy) is 1. The smallest absolute Gasteiger partial charge is 0.227 e. The Bertz CT molecular complexity index is 1040. The second kappa shape index (κ2) is 11.3. The van der Waals surface area contributed by atoms with Crippen molar-refractivity contribution in [1.29, 1.82) is 0 Å². The van der Waals surface area contributed by atoms with Crippen LogP contribution in [0.25, 0.3) is 0 Å². The van der Waals surface area contributed by atoms with Crippen LogP contribution in [0.1, 0.15) is 24.8 Å². The number of aryl methyl sites for hydroxylation is 1. The predicted molar refractivity (Wildman–Crippen MR) is 131 cm³/mol. The lowest BCUT2D eigenvalue weighted by molar-refractivity contribution is -0.125. The van der Waals surface area contributed by atoms with Crippen LogP contribution in [0.15, 0.2) is 66.9 Å². The molecule has 0 atom stereocenters. The lowest BCUT2D eigenvalue weighted by atomic mass is 9.96. The van der Waals surface area contributed by atoms with E-state index >= 15 is 0 Å². The van der Waals surface area contributed by atoms with Crippen molar-refractivity contribution in [2.75, 3.05) is 37.0 Å². The monoisotopic (exact) mass is 445 g/mol. The first-order valence-electron chi connectivity index (χ1n) is 11.5. The second-order valence-corrected chi connectivity index (χ2v) is 8.21. The maximum absolute atomic E-state index is 12.6. The van der Waals surface area contributed by atoms with E-state index in [0.717, 1.165) is 50.2 Å². The Balaban J connectivity index is 1.24. The summed E-state index contributed by atoms with van der Waals surface area (Å²) in [5.41, 5.74) is 2.16. The minimum atomic E-state index is 0.0489. The highest BCUT2D eigenvalue weighted by Gasteiger charge is 2.26. The molecular weight excluding hydrogens is 414 g/mol. The minimum Gasteiger partial charge on any atom is -0.495 e. The third-order valence-corrected chi connectivity index (χ3v) is 5.95. The second-order valence-electron chi connectivity index (χ2n) is 8.21. The third-order valence-electron chi connectivity index (χ3n) is 5.95. The number of amides is 1. The van der Waals surface area contributed by atoms with Gasteiger partial charge in [-0.1, -0.05) is 42.5 Å². The Morgan fingerprint density at radius 3 is 2.61 bits per heavy atom. The molecule has 1 fully saturated rings. The lowest BCUT2D eigenvalue weighted by Crippen LogP contribution is -2.41. The molecule has 1 amide bonds. The van der Waals surface area contributed by atoms with Gasteiger partial charge in [-0.15, -0.1) is 0 Å². The molecule has 2 heterocycles. The fourth-order valence-electron chi connectivity index (χ4n) is 4.09. The number of methoxy groups -OCH3 is 1. The van der Waals surface area contributed by atoms with E-state index in [2.05, 4.69) is 49.8 Å². The first-order valence-corrected chi connectivity index (χ1v) is 11.5.